The van der Waals surface area contributed by atoms with Gasteiger partial charge < -0.3 is 24.7 Å². The zero-order chi connectivity index (χ0) is 12.1. The zero-order valence-electron chi connectivity index (χ0n) is 10.5. The van der Waals surface area contributed by atoms with E-state index in [4.69, 9.17) is 24.7 Å². The third-order valence-corrected chi connectivity index (χ3v) is 3.29. The van der Waals surface area contributed by atoms with Crippen LogP contribution in [0.3, 0.4) is 0 Å². The maximum Gasteiger partial charge on any atom is 0.313 e. The monoisotopic (exact) mass is 233 g/mol. The molecular weight excluding hydrogens is 210 g/mol. The van der Waals surface area contributed by atoms with Crippen LogP contribution < -0.4 is 5.73 Å². The highest BCUT2D eigenvalue weighted by molar-refractivity contribution is 4.93. The van der Waals surface area contributed by atoms with Gasteiger partial charge in [-0.25, -0.2) is 0 Å². The van der Waals surface area contributed by atoms with E-state index < -0.39 is 11.6 Å². The minimum absolute atomic E-state index is 0.561. The summed E-state index contributed by atoms with van der Waals surface area (Å²) in [6.45, 7) is 1.24. The van der Waals surface area contributed by atoms with E-state index in [2.05, 4.69) is 0 Å². The third kappa shape index (κ3) is 2.24. The predicted octanol–water partition coefficient (Wildman–Crippen LogP) is 0.867. The molecule has 1 unspecified atom stereocenters. The number of hydrogen-bond donors (Lipinski definition) is 1. The first kappa shape index (κ1) is 13.9. The van der Waals surface area contributed by atoms with Gasteiger partial charge in [-0.2, -0.15) is 0 Å². The lowest BCUT2D eigenvalue weighted by molar-refractivity contribution is -0.445. The van der Waals surface area contributed by atoms with Crippen LogP contribution in [0.4, 0.5) is 0 Å². The first-order valence-corrected chi connectivity index (χ1v) is 5.70. The molecule has 0 aromatic carbocycles. The zero-order valence-corrected chi connectivity index (χ0v) is 10.5. The summed E-state index contributed by atoms with van der Waals surface area (Å²) in [7, 11) is 4.81. The van der Waals surface area contributed by atoms with Crippen molar-refractivity contribution in [2.75, 3.05) is 34.5 Å². The van der Waals surface area contributed by atoms with E-state index in [0.717, 1.165) is 25.7 Å². The van der Waals surface area contributed by atoms with Gasteiger partial charge in [-0.05, 0) is 32.2 Å². The minimum Gasteiger partial charge on any atom is -0.370 e. The third-order valence-electron chi connectivity index (χ3n) is 3.29. The minimum atomic E-state index is -1.10. The van der Waals surface area contributed by atoms with Crippen molar-refractivity contribution >= 4 is 0 Å². The van der Waals surface area contributed by atoms with Crippen molar-refractivity contribution in [2.24, 2.45) is 5.73 Å². The van der Waals surface area contributed by atoms with Gasteiger partial charge in [0.25, 0.3) is 0 Å². The topological polar surface area (TPSA) is 62.9 Å². The highest BCUT2D eigenvalue weighted by Crippen LogP contribution is 2.42. The lowest BCUT2D eigenvalue weighted by atomic mass is 9.87. The Morgan fingerprint density at radius 3 is 2.38 bits per heavy atom. The summed E-state index contributed by atoms with van der Waals surface area (Å²) in [5, 5.41) is 0. The quantitative estimate of drug-likeness (QED) is 0.690. The summed E-state index contributed by atoms with van der Waals surface area (Å²) in [4.78, 5) is 0. The number of methoxy groups -OCH3 is 3. The second-order valence-electron chi connectivity index (χ2n) is 4.01. The molecule has 0 bridgehead atoms. The Bertz CT molecular complexity index is 208. The van der Waals surface area contributed by atoms with Crippen LogP contribution in [-0.2, 0) is 18.9 Å². The highest BCUT2D eigenvalue weighted by atomic mass is 16.9. The van der Waals surface area contributed by atoms with Crippen molar-refractivity contribution in [1.29, 1.82) is 0 Å². The molecule has 96 valence electrons. The first-order chi connectivity index (χ1) is 7.70. The summed E-state index contributed by atoms with van der Waals surface area (Å²) in [5.41, 5.74) is 4.99. The molecule has 16 heavy (non-hydrogen) atoms. The van der Waals surface area contributed by atoms with Gasteiger partial charge in [0.2, 0.25) is 0 Å². The van der Waals surface area contributed by atoms with Crippen LogP contribution in [0.2, 0.25) is 0 Å². The molecule has 2 N–H and O–H groups in total. The molecule has 1 atom stereocenters. The van der Waals surface area contributed by atoms with E-state index in [9.17, 15) is 0 Å². The van der Waals surface area contributed by atoms with Gasteiger partial charge in [0, 0.05) is 21.3 Å². The van der Waals surface area contributed by atoms with Crippen molar-refractivity contribution in [3.8, 4) is 0 Å². The van der Waals surface area contributed by atoms with Gasteiger partial charge in [0.05, 0.1) is 6.61 Å². The highest BCUT2D eigenvalue weighted by Gasteiger charge is 2.56. The Kier molecular flexibility index (Phi) is 5.14. The number of hydrogen-bond acceptors (Lipinski definition) is 5. The molecule has 0 aromatic heterocycles. The van der Waals surface area contributed by atoms with Crippen molar-refractivity contribution in [2.45, 2.75) is 37.3 Å². The van der Waals surface area contributed by atoms with E-state index in [0.29, 0.717) is 13.2 Å². The van der Waals surface area contributed by atoms with Crippen molar-refractivity contribution in [1.82, 2.24) is 0 Å². The molecule has 0 saturated carbocycles. The van der Waals surface area contributed by atoms with Crippen LogP contribution >= 0.6 is 0 Å². The van der Waals surface area contributed by atoms with Crippen LogP contribution in [-0.4, -0.2) is 46.1 Å². The molecule has 0 amide bonds. The molecule has 0 aromatic rings. The largest absolute Gasteiger partial charge is 0.370 e. The molecule has 0 radical (unpaired) electrons. The van der Waals surface area contributed by atoms with Gasteiger partial charge in [0.1, 0.15) is 5.60 Å². The Hall–Kier alpha value is -0.200. The molecule has 1 heterocycles. The normalized spacial score (nSPS) is 29.2. The van der Waals surface area contributed by atoms with E-state index >= 15 is 0 Å². The predicted molar refractivity (Wildman–Crippen MR) is 60.0 cm³/mol. The molecule has 1 saturated heterocycles. The number of nitrogens with two attached hydrogens (primary N) is 1. The second-order valence-corrected chi connectivity index (χ2v) is 4.01. The first-order valence-electron chi connectivity index (χ1n) is 5.70. The molecule has 0 spiro atoms. The molecule has 1 fully saturated rings. The Morgan fingerprint density at radius 1 is 1.19 bits per heavy atom. The van der Waals surface area contributed by atoms with Gasteiger partial charge in [-0.1, -0.05) is 0 Å². The summed E-state index contributed by atoms with van der Waals surface area (Å²) in [6, 6.07) is 0. The molecule has 1 aliphatic heterocycles. The van der Waals surface area contributed by atoms with Crippen molar-refractivity contribution in [3.63, 3.8) is 0 Å². The fourth-order valence-corrected chi connectivity index (χ4v) is 2.42. The molecule has 1 rings (SSSR count). The maximum absolute atomic E-state index is 5.66. The average molecular weight is 233 g/mol. The van der Waals surface area contributed by atoms with Gasteiger partial charge in [0.15, 0.2) is 0 Å². The van der Waals surface area contributed by atoms with Crippen molar-refractivity contribution in [3.05, 3.63) is 0 Å². The van der Waals surface area contributed by atoms with E-state index in [-0.39, 0.29) is 0 Å². The lowest BCUT2D eigenvalue weighted by Gasteiger charge is -2.49. The summed E-state index contributed by atoms with van der Waals surface area (Å²) >= 11 is 0. The fraction of sp³-hybridized carbons (Fsp3) is 1.00. The second kappa shape index (κ2) is 5.93. The molecule has 0 aliphatic carbocycles. The molecular formula is C11H23NO4. The van der Waals surface area contributed by atoms with E-state index in [1.165, 1.54) is 0 Å². The van der Waals surface area contributed by atoms with Crippen LogP contribution in [0.25, 0.3) is 0 Å². The molecule has 1 aliphatic rings. The smallest absolute Gasteiger partial charge is 0.313 e. The van der Waals surface area contributed by atoms with Crippen LogP contribution in [0.15, 0.2) is 0 Å². The van der Waals surface area contributed by atoms with Crippen LogP contribution in [0.1, 0.15) is 25.7 Å². The van der Waals surface area contributed by atoms with Gasteiger partial charge in [-0.15, -0.1) is 0 Å². The molecule has 5 heteroatoms. The fourth-order valence-electron chi connectivity index (χ4n) is 2.42. The standard InChI is InChI=1S/C11H23NO4/c1-13-10(6-4-8-12)7-5-9-16-11(10,14-2)15-3/h4-9,12H2,1-3H3. The van der Waals surface area contributed by atoms with Crippen LogP contribution in [0.5, 0.6) is 0 Å². The summed E-state index contributed by atoms with van der Waals surface area (Å²) < 4.78 is 22.1. The van der Waals surface area contributed by atoms with Crippen LogP contribution in [0, 0.1) is 0 Å². The van der Waals surface area contributed by atoms with E-state index in [1.807, 2.05) is 0 Å². The van der Waals surface area contributed by atoms with Crippen molar-refractivity contribution < 1.29 is 18.9 Å². The maximum atomic E-state index is 5.66. The van der Waals surface area contributed by atoms with Gasteiger partial charge >= 0.3 is 5.97 Å². The average Bonchev–Trinajstić information content (AvgIpc) is 2.36. The number of ether oxygens (including phenoxy) is 4. The Morgan fingerprint density at radius 2 is 1.88 bits per heavy atom. The Balaban J connectivity index is 2.90. The SMILES string of the molecule is COC1(CCCN)CCCOC1(OC)OC. The number of rotatable bonds is 6. The van der Waals surface area contributed by atoms with Gasteiger partial charge in [-0.3, -0.25) is 0 Å². The summed E-state index contributed by atoms with van der Waals surface area (Å²) in [6.07, 6.45) is 3.41. The molecule has 5 nitrogen and oxygen atoms in total. The van der Waals surface area contributed by atoms with E-state index in [1.54, 1.807) is 21.3 Å². The summed E-state index contributed by atoms with van der Waals surface area (Å²) in [5.74, 6) is -1.10. The Labute approximate surface area is 97.2 Å². The lowest BCUT2D eigenvalue weighted by Crippen LogP contribution is -2.62.